The summed E-state index contributed by atoms with van der Waals surface area (Å²) in [4.78, 5) is 26.9. The molecule has 4 heterocycles. The number of nitrogens with zero attached hydrogens (tertiary/aromatic N) is 5. The number of nitrogens with two attached hydrogens (primary N) is 1. The summed E-state index contributed by atoms with van der Waals surface area (Å²) in [6.45, 7) is 2.18. The number of rotatable bonds is 6. The molecule has 9 heteroatoms. The number of hydrogen-bond donors (Lipinski definition) is 1. The van der Waals surface area contributed by atoms with E-state index in [0.717, 1.165) is 36.9 Å². The highest BCUT2D eigenvalue weighted by molar-refractivity contribution is 5.94. The molecule has 0 bridgehead atoms. The third-order valence-electron chi connectivity index (χ3n) is 6.23. The van der Waals surface area contributed by atoms with Gasteiger partial charge >= 0.3 is 5.69 Å². The van der Waals surface area contributed by atoms with Crippen LogP contribution in [-0.4, -0.2) is 43.9 Å². The van der Waals surface area contributed by atoms with Gasteiger partial charge in [0.1, 0.15) is 0 Å². The van der Waals surface area contributed by atoms with Crippen LogP contribution in [0, 0.1) is 5.92 Å². The minimum atomic E-state index is -0.0580. The Bertz CT molecular complexity index is 1370. The van der Waals surface area contributed by atoms with Crippen molar-refractivity contribution in [3.05, 3.63) is 53.0 Å². The quantitative estimate of drug-likeness (QED) is 0.466. The average Bonchev–Trinajstić information content (AvgIpc) is 3.41. The van der Waals surface area contributed by atoms with Gasteiger partial charge in [-0.15, -0.1) is 0 Å². The van der Waals surface area contributed by atoms with Crippen LogP contribution in [0.5, 0.6) is 5.88 Å². The van der Waals surface area contributed by atoms with Gasteiger partial charge in [-0.3, -0.25) is 14.1 Å². The number of pyridine rings is 1. The monoisotopic (exact) mass is 432 g/mol. The van der Waals surface area contributed by atoms with E-state index in [1.54, 1.807) is 17.0 Å². The van der Waals surface area contributed by atoms with Gasteiger partial charge in [-0.2, -0.15) is 4.98 Å². The Labute approximate surface area is 183 Å². The van der Waals surface area contributed by atoms with Crippen LogP contribution in [0.3, 0.4) is 0 Å². The van der Waals surface area contributed by atoms with Gasteiger partial charge < -0.3 is 15.2 Å². The van der Waals surface area contributed by atoms with Crippen LogP contribution in [0.2, 0.25) is 0 Å². The summed E-state index contributed by atoms with van der Waals surface area (Å²) in [6.07, 6.45) is 6.46. The smallest absolute Gasteiger partial charge is 0.329 e. The van der Waals surface area contributed by atoms with Crippen molar-refractivity contribution in [2.45, 2.75) is 31.8 Å². The number of hydrogen-bond acceptors (Lipinski definition) is 7. The van der Waals surface area contributed by atoms with Crippen molar-refractivity contribution in [1.82, 2.24) is 24.1 Å². The number of aromatic nitrogens is 5. The zero-order chi connectivity index (χ0) is 21.7. The highest BCUT2D eigenvalue weighted by Gasteiger charge is 2.29. The second-order valence-electron chi connectivity index (χ2n) is 8.56. The molecule has 9 nitrogen and oxygen atoms in total. The Morgan fingerprint density at radius 2 is 2.06 bits per heavy atom. The van der Waals surface area contributed by atoms with E-state index >= 15 is 0 Å². The number of nitrogen functional groups attached to an aromatic ring is 1. The molecule has 0 radical (unpaired) electrons. The van der Waals surface area contributed by atoms with Crippen molar-refractivity contribution in [2.24, 2.45) is 5.92 Å². The Hall–Kier alpha value is -3.46. The summed E-state index contributed by atoms with van der Waals surface area (Å²) < 4.78 is 15.1. The lowest BCUT2D eigenvalue weighted by Crippen LogP contribution is -2.25. The standard InChI is InChI=1S/C23H24N6O3/c24-16-2-1-3-17-21(16)22(32-13-14-7-9-31-12-14)27-20(26-17)11-28-19-10-25-8-6-18(19)29(23(28)30)15-4-5-15/h1-3,6,8,10,14-15H,4-5,7,9,11-13,24H2. The zero-order valence-corrected chi connectivity index (χ0v) is 17.6. The van der Waals surface area contributed by atoms with Gasteiger partial charge in [0.05, 0.1) is 47.9 Å². The maximum absolute atomic E-state index is 13.3. The molecule has 1 saturated heterocycles. The zero-order valence-electron chi connectivity index (χ0n) is 17.6. The number of imidazole rings is 1. The van der Waals surface area contributed by atoms with Crippen LogP contribution in [0.1, 0.15) is 31.1 Å². The largest absolute Gasteiger partial charge is 0.477 e. The van der Waals surface area contributed by atoms with Gasteiger partial charge in [0.25, 0.3) is 0 Å². The minimum Gasteiger partial charge on any atom is -0.477 e. The third-order valence-corrected chi connectivity index (χ3v) is 6.23. The SMILES string of the molecule is Nc1cccc2nc(Cn3c(=O)n(C4CC4)c4ccncc43)nc(OCC3CCOC3)c12. The molecule has 32 heavy (non-hydrogen) atoms. The number of fused-ring (bicyclic) bond motifs is 2. The molecule has 4 aromatic rings. The van der Waals surface area contributed by atoms with Crippen LogP contribution in [0.25, 0.3) is 21.9 Å². The summed E-state index contributed by atoms with van der Waals surface area (Å²) in [7, 11) is 0. The maximum atomic E-state index is 13.3. The topological polar surface area (TPSA) is 110 Å². The molecule has 6 rings (SSSR count). The first-order valence-electron chi connectivity index (χ1n) is 11.0. The molecule has 2 N–H and O–H groups in total. The van der Waals surface area contributed by atoms with Crippen molar-refractivity contribution in [1.29, 1.82) is 0 Å². The Morgan fingerprint density at radius 1 is 1.16 bits per heavy atom. The summed E-state index contributed by atoms with van der Waals surface area (Å²) in [5.74, 6) is 1.28. The van der Waals surface area contributed by atoms with Gasteiger partial charge in [0.15, 0.2) is 5.82 Å². The van der Waals surface area contributed by atoms with Crippen molar-refractivity contribution in [3.8, 4) is 5.88 Å². The summed E-state index contributed by atoms with van der Waals surface area (Å²) in [5, 5.41) is 0.699. The van der Waals surface area contributed by atoms with E-state index in [9.17, 15) is 4.79 Å². The molecule has 1 aliphatic carbocycles. The van der Waals surface area contributed by atoms with E-state index in [4.69, 9.17) is 25.2 Å². The molecule has 2 aliphatic rings. The van der Waals surface area contributed by atoms with Crippen LogP contribution >= 0.6 is 0 Å². The molecule has 1 unspecified atom stereocenters. The predicted octanol–water partition coefficient (Wildman–Crippen LogP) is 2.52. The first kappa shape index (κ1) is 19.2. The molecule has 0 amide bonds. The third kappa shape index (κ3) is 3.29. The first-order valence-corrected chi connectivity index (χ1v) is 11.0. The normalized spacial score (nSPS) is 18.6. The van der Waals surface area contributed by atoms with Crippen molar-refractivity contribution >= 4 is 27.6 Å². The van der Waals surface area contributed by atoms with Crippen molar-refractivity contribution in [3.63, 3.8) is 0 Å². The van der Waals surface area contributed by atoms with E-state index in [1.807, 2.05) is 28.8 Å². The lowest BCUT2D eigenvalue weighted by Gasteiger charge is -2.14. The summed E-state index contributed by atoms with van der Waals surface area (Å²) >= 11 is 0. The highest BCUT2D eigenvalue weighted by Crippen LogP contribution is 2.36. The van der Waals surface area contributed by atoms with Crippen molar-refractivity contribution < 1.29 is 9.47 Å². The van der Waals surface area contributed by atoms with E-state index in [-0.39, 0.29) is 18.3 Å². The molecule has 1 aliphatic heterocycles. The fourth-order valence-corrected chi connectivity index (χ4v) is 4.41. The summed E-state index contributed by atoms with van der Waals surface area (Å²) in [5.41, 5.74) is 9.12. The van der Waals surface area contributed by atoms with E-state index in [2.05, 4.69) is 4.98 Å². The predicted molar refractivity (Wildman–Crippen MR) is 120 cm³/mol. The van der Waals surface area contributed by atoms with Gasteiger partial charge in [0.2, 0.25) is 5.88 Å². The van der Waals surface area contributed by atoms with E-state index in [1.165, 1.54) is 0 Å². The van der Waals surface area contributed by atoms with Crippen LogP contribution in [0.15, 0.2) is 41.5 Å². The molecule has 2 fully saturated rings. The fourth-order valence-electron chi connectivity index (χ4n) is 4.41. The van der Waals surface area contributed by atoms with Crippen LogP contribution in [0.4, 0.5) is 5.69 Å². The average molecular weight is 432 g/mol. The minimum absolute atomic E-state index is 0.0580. The van der Waals surface area contributed by atoms with Crippen molar-refractivity contribution in [2.75, 3.05) is 25.6 Å². The van der Waals surface area contributed by atoms with E-state index < -0.39 is 0 Å². The molecular weight excluding hydrogens is 408 g/mol. The molecule has 1 atom stereocenters. The lowest BCUT2D eigenvalue weighted by molar-refractivity contribution is 0.166. The Kier molecular flexibility index (Phi) is 4.57. The van der Waals surface area contributed by atoms with E-state index in [0.29, 0.717) is 47.4 Å². The number of anilines is 1. The second-order valence-corrected chi connectivity index (χ2v) is 8.56. The fraction of sp³-hybridized carbons (Fsp3) is 0.391. The van der Waals surface area contributed by atoms with Crippen LogP contribution < -0.4 is 16.2 Å². The molecule has 0 spiro atoms. The summed E-state index contributed by atoms with van der Waals surface area (Å²) in [6, 6.07) is 7.72. The first-order chi connectivity index (χ1) is 15.7. The molecule has 164 valence electrons. The second kappa shape index (κ2) is 7.59. The lowest BCUT2D eigenvalue weighted by atomic mass is 10.1. The Morgan fingerprint density at radius 3 is 2.88 bits per heavy atom. The maximum Gasteiger partial charge on any atom is 0.329 e. The number of benzene rings is 1. The van der Waals surface area contributed by atoms with Gasteiger partial charge in [-0.05, 0) is 37.5 Å². The van der Waals surface area contributed by atoms with Gasteiger partial charge in [0, 0.05) is 30.5 Å². The van der Waals surface area contributed by atoms with Gasteiger partial charge in [-0.25, -0.2) is 9.78 Å². The highest BCUT2D eigenvalue weighted by atomic mass is 16.5. The molecule has 3 aromatic heterocycles. The number of ether oxygens (including phenoxy) is 2. The molecule has 1 saturated carbocycles. The molecular formula is C23H24N6O3. The van der Waals surface area contributed by atoms with Crippen LogP contribution in [-0.2, 0) is 11.3 Å². The Balaban J connectivity index is 1.42. The molecule has 1 aromatic carbocycles. The van der Waals surface area contributed by atoms with Gasteiger partial charge in [-0.1, -0.05) is 6.07 Å².